The third-order valence-corrected chi connectivity index (χ3v) is 2.45. The summed E-state index contributed by atoms with van der Waals surface area (Å²) in [7, 11) is 0. The van der Waals surface area contributed by atoms with E-state index in [2.05, 4.69) is 6.92 Å². The highest BCUT2D eigenvalue weighted by molar-refractivity contribution is 5.43. The van der Waals surface area contributed by atoms with Gasteiger partial charge in [-0.15, -0.1) is 0 Å². The van der Waals surface area contributed by atoms with Crippen molar-refractivity contribution < 1.29 is 9.47 Å². The van der Waals surface area contributed by atoms with Crippen molar-refractivity contribution in [3.05, 3.63) is 23.8 Å². The zero-order valence-electron chi connectivity index (χ0n) is 10.3. The Labute approximate surface area is 97.6 Å². The highest BCUT2D eigenvalue weighted by Crippen LogP contribution is 2.29. The average molecular weight is 223 g/mol. The van der Waals surface area contributed by atoms with E-state index in [1.165, 1.54) is 0 Å². The normalized spacial score (nSPS) is 12.2. The molecule has 0 fully saturated rings. The van der Waals surface area contributed by atoms with Crippen LogP contribution in [-0.2, 0) is 6.54 Å². The molecule has 0 saturated carbocycles. The van der Waals surface area contributed by atoms with Crippen molar-refractivity contribution in [3.63, 3.8) is 0 Å². The lowest BCUT2D eigenvalue weighted by molar-refractivity contribution is 0.203. The van der Waals surface area contributed by atoms with Gasteiger partial charge < -0.3 is 15.2 Å². The van der Waals surface area contributed by atoms with Gasteiger partial charge in [-0.3, -0.25) is 0 Å². The molecule has 0 aliphatic rings. The van der Waals surface area contributed by atoms with Gasteiger partial charge in [0.05, 0.1) is 12.7 Å². The maximum absolute atomic E-state index is 5.78. The van der Waals surface area contributed by atoms with Crippen LogP contribution in [0, 0.1) is 0 Å². The molecule has 90 valence electrons. The van der Waals surface area contributed by atoms with Crippen LogP contribution in [0.25, 0.3) is 0 Å². The van der Waals surface area contributed by atoms with E-state index in [1.54, 1.807) is 0 Å². The molecule has 16 heavy (non-hydrogen) atoms. The average Bonchev–Trinajstić information content (AvgIpc) is 2.31. The van der Waals surface area contributed by atoms with Gasteiger partial charge in [0.1, 0.15) is 0 Å². The van der Waals surface area contributed by atoms with Gasteiger partial charge in [-0.2, -0.15) is 0 Å². The lowest BCUT2D eigenvalue weighted by atomic mass is 10.2. The Morgan fingerprint density at radius 1 is 1.25 bits per heavy atom. The maximum Gasteiger partial charge on any atom is 0.161 e. The standard InChI is InChI=1S/C13H21NO2/c1-4-10(3)16-12-7-6-11(9-14)8-13(12)15-5-2/h6-8,10H,4-5,9,14H2,1-3H3. The number of ether oxygens (including phenoxy) is 2. The van der Waals surface area contributed by atoms with Crippen LogP contribution < -0.4 is 15.2 Å². The fraction of sp³-hybridized carbons (Fsp3) is 0.538. The van der Waals surface area contributed by atoms with E-state index in [1.807, 2.05) is 32.0 Å². The Balaban J connectivity index is 2.88. The molecule has 0 spiro atoms. The van der Waals surface area contributed by atoms with E-state index in [0.29, 0.717) is 13.2 Å². The van der Waals surface area contributed by atoms with Gasteiger partial charge >= 0.3 is 0 Å². The molecular formula is C13H21NO2. The first kappa shape index (κ1) is 12.8. The summed E-state index contributed by atoms with van der Waals surface area (Å²) in [5, 5.41) is 0. The minimum atomic E-state index is 0.197. The summed E-state index contributed by atoms with van der Waals surface area (Å²) in [5.74, 6) is 1.58. The molecule has 2 N–H and O–H groups in total. The van der Waals surface area contributed by atoms with Gasteiger partial charge in [-0.1, -0.05) is 13.0 Å². The summed E-state index contributed by atoms with van der Waals surface area (Å²) in [5.41, 5.74) is 6.65. The van der Waals surface area contributed by atoms with Crippen molar-refractivity contribution >= 4 is 0 Å². The summed E-state index contributed by atoms with van der Waals surface area (Å²) in [4.78, 5) is 0. The molecule has 0 amide bonds. The van der Waals surface area contributed by atoms with E-state index < -0.39 is 0 Å². The van der Waals surface area contributed by atoms with Crippen LogP contribution in [0.3, 0.4) is 0 Å². The Morgan fingerprint density at radius 2 is 2.00 bits per heavy atom. The summed E-state index contributed by atoms with van der Waals surface area (Å²) >= 11 is 0. The third kappa shape index (κ3) is 3.42. The van der Waals surface area contributed by atoms with Gasteiger partial charge in [0.15, 0.2) is 11.5 Å². The summed E-state index contributed by atoms with van der Waals surface area (Å²) in [6.45, 7) is 7.25. The minimum absolute atomic E-state index is 0.197. The molecule has 1 unspecified atom stereocenters. The van der Waals surface area contributed by atoms with Crippen molar-refractivity contribution in [1.82, 2.24) is 0 Å². The van der Waals surface area contributed by atoms with E-state index >= 15 is 0 Å². The van der Waals surface area contributed by atoms with Gasteiger partial charge in [0.25, 0.3) is 0 Å². The lowest BCUT2D eigenvalue weighted by Crippen LogP contribution is -2.11. The van der Waals surface area contributed by atoms with E-state index in [0.717, 1.165) is 23.5 Å². The second-order valence-corrected chi connectivity index (χ2v) is 3.75. The molecule has 0 bridgehead atoms. The fourth-order valence-electron chi connectivity index (χ4n) is 1.35. The van der Waals surface area contributed by atoms with Crippen molar-refractivity contribution in [3.8, 4) is 11.5 Å². The van der Waals surface area contributed by atoms with Crippen molar-refractivity contribution in [1.29, 1.82) is 0 Å². The van der Waals surface area contributed by atoms with Crippen LogP contribution in [0.5, 0.6) is 11.5 Å². The molecule has 0 radical (unpaired) electrons. The topological polar surface area (TPSA) is 44.5 Å². The Kier molecular flexibility index (Phi) is 5.12. The minimum Gasteiger partial charge on any atom is -0.490 e. The first-order valence-corrected chi connectivity index (χ1v) is 5.83. The van der Waals surface area contributed by atoms with E-state index in [9.17, 15) is 0 Å². The molecule has 0 aliphatic carbocycles. The smallest absolute Gasteiger partial charge is 0.161 e. The number of benzene rings is 1. The zero-order chi connectivity index (χ0) is 12.0. The zero-order valence-corrected chi connectivity index (χ0v) is 10.3. The number of rotatable bonds is 6. The van der Waals surface area contributed by atoms with Crippen LogP contribution in [0.1, 0.15) is 32.8 Å². The van der Waals surface area contributed by atoms with Crippen molar-refractivity contribution in [2.24, 2.45) is 5.73 Å². The largest absolute Gasteiger partial charge is 0.490 e. The van der Waals surface area contributed by atoms with Gasteiger partial charge in [-0.05, 0) is 38.0 Å². The Hall–Kier alpha value is -1.22. The van der Waals surface area contributed by atoms with Crippen LogP contribution in [0.4, 0.5) is 0 Å². The highest BCUT2D eigenvalue weighted by Gasteiger charge is 2.08. The maximum atomic E-state index is 5.78. The van der Waals surface area contributed by atoms with Crippen LogP contribution in [0.15, 0.2) is 18.2 Å². The van der Waals surface area contributed by atoms with Gasteiger partial charge in [0, 0.05) is 6.54 Å². The van der Waals surface area contributed by atoms with Crippen LogP contribution in [-0.4, -0.2) is 12.7 Å². The second-order valence-electron chi connectivity index (χ2n) is 3.75. The van der Waals surface area contributed by atoms with Crippen molar-refractivity contribution in [2.45, 2.75) is 39.8 Å². The fourth-order valence-corrected chi connectivity index (χ4v) is 1.35. The molecule has 1 aromatic carbocycles. The summed E-state index contributed by atoms with van der Waals surface area (Å²) in [6.07, 6.45) is 1.17. The molecule has 1 atom stereocenters. The Morgan fingerprint density at radius 3 is 2.56 bits per heavy atom. The quantitative estimate of drug-likeness (QED) is 0.806. The number of hydrogen-bond donors (Lipinski definition) is 1. The third-order valence-electron chi connectivity index (χ3n) is 2.45. The molecule has 3 heteroatoms. The number of nitrogens with two attached hydrogens (primary N) is 1. The van der Waals surface area contributed by atoms with Crippen molar-refractivity contribution in [2.75, 3.05) is 6.61 Å². The van der Waals surface area contributed by atoms with E-state index in [4.69, 9.17) is 15.2 Å². The molecule has 0 aliphatic heterocycles. The molecule has 3 nitrogen and oxygen atoms in total. The lowest BCUT2D eigenvalue weighted by Gasteiger charge is -2.16. The Bertz CT molecular complexity index is 326. The monoisotopic (exact) mass is 223 g/mol. The first-order chi connectivity index (χ1) is 7.71. The predicted octanol–water partition coefficient (Wildman–Crippen LogP) is 2.72. The molecular weight excluding hydrogens is 202 g/mol. The molecule has 0 heterocycles. The molecule has 0 aromatic heterocycles. The second kappa shape index (κ2) is 6.38. The van der Waals surface area contributed by atoms with E-state index in [-0.39, 0.29) is 6.10 Å². The van der Waals surface area contributed by atoms with Gasteiger partial charge in [-0.25, -0.2) is 0 Å². The summed E-state index contributed by atoms with van der Waals surface area (Å²) < 4.78 is 11.3. The van der Waals surface area contributed by atoms with Crippen LogP contribution >= 0.6 is 0 Å². The highest BCUT2D eigenvalue weighted by atomic mass is 16.5. The molecule has 1 rings (SSSR count). The molecule has 0 saturated heterocycles. The molecule has 1 aromatic rings. The predicted molar refractivity (Wildman–Crippen MR) is 65.9 cm³/mol. The summed E-state index contributed by atoms with van der Waals surface area (Å²) in [6, 6.07) is 5.85. The van der Waals surface area contributed by atoms with Crippen LogP contribution in [0.2, 0.25) is 0 Å². The number of hydrogen-bond acceptors (Lipinski definition) is 3. The SMILES string of the molecule is CCOc1cc(CN)ccc1OC(C)CC. The first-order valence-electron chi connectivity index (χ1n) is 5.83. The van der Waals surface area contributed by atoms with Gasteiger partial charge in [0.2, 0.25) is 0 Å².